The highest BCUT2D eigenvalue weighted by atomic mass is 79.9. The number of ether oxygens (including phenoxy) is 1. The monoisotopic (exact) mass is 392 g/mol. The van der Waals surface area contributed by atoms with Crippen molar-refractivity contribution in [2.24, 2.45) is 0 Å². The molecule has 0 aliphatic carbocycles. The molecule has 0 spiro atoms. The molecule has 94 valence electrons. The molecule has 0 unspecified atom stereocenters. The third-order valence-electron chi connectivity index (χ3n) is 2.32. The average Bonchev–Trinajstić information content (AvgIpc) is 2.33. The number of rotatable bonds is 3. The van der Waals surface area contributed by atoms with Gasteiger partial charge in [-0.05, 0) is 30.3 Å². The third-order valence-corrected chi connectivity index (χ3v) is 3.67. The molecule has 18 heavy (non-hydrogen) atoms. The van der Waals surface area contributed by atoms with Gasteiger partial charge >= 0.3 is 0 Å². The Morgan fingerprint density at radius 2 is 1.94 bits per heavy atom. The Balaban J connectivity index is 2.37. The lowest BCUT2D eigenvalue weighted by Crippen LogP contribution is -1.93. The largest absolute Gasteiger partial charge is 0.455 e. The molecule has 0 atom stereocenters. The van der Waals surface area contributed by atoms with Crippen LogP contribution in [0.15, 0.2) is 40.9 Å². The van der Waals surface area contributed by atoms with E-state index in [9.17, 15) is 4.39 Å². The van der Waals surface area contributed by atoms with Crippen LogP contribution >= 0.6 is 43.5 Å². The van der Waals surface area contributed by atoms with Gasteiger partial charge in [-0.15, -0.1) is 0 Å². The van der Waals surface area contributed by atoms with Gasteiger partial charge in [-0.25, -0.2) is 4.39 Å². The second-order valence-corrected chi connectivity index (χ2v) is 5.41. The summed E-state index contributed by atoms with van der Waals surface area (Å²) in [5, 5.41) is 0.845. The Morgan fingerprint density at radius 1 is 1.17 bits per heavy atom. The van der Waals surface area contributed by atoms with E-state index in [0.717, 1.165) is 4.47 Å². The Bertz CT molecular complexity index is 575. The number of alkyl halides is 1. The molecule has 2 rings (SSSR count). The van der Waals surface area contributed by atoms with E-state index in [1.807, 2.05) is 6.07 Å². The van der Waals surface area contributed by atoms with Gasteiger partial charge in [0.05, 0.1) is 5.02 Å². The quantitative estimate of drug-likeness (QED) is 0.587. The summed E-state index contributed by atoms with van der Waals surface area (Å²) in [5.74, 6) is 0.640. The lowest BCUT2D eigenvalue weighted by Gasteiger charge is -2.11. The minimum absolute atomic E-state index is 0.308. The van der Waals surface area contributed by atoms with Crippen LogP contribution in [0.25, 0.3) is 0 Å². The van der Waals surface area contributed by atoms with Gasteiger partial charge in [-0.3, -0.25) is 0 Å². The maximum atomic E-state index is 13.6. The van der Waals surface area contributed by atoms with Gasteiger partial charge in [-0.2, -0.15) is 0 Å². The Hall–Kier alpha value is -0.580. The zero-order chi connectivity index (χ0) is 13.1. The molecular weight excluding hydrogens is 386 g/mol. The van der Waals surface area contributed by atoms with Crippen molar-refractivity contribution >= 4 is 43.5 Å². The fourth-order valence-electron chi connectivity index (χ4n) is 1.44. The molecule has 1 nitrogen and oxygen atoms in total. The van der Waals surface area contributed by atoms with Crippen LogP contribution in [-0.4, -0.2) is 0 Å². The van der Waals surface area contributed by atoms with E-state index in [-0.39, 0.29) is 5.82 Å². The standard InChI is InChI=1S/C13H8Br2ClFO/c14-7-9-11(17)2-1-3-12(9)18-13-5-4-8(15)6-10(13)16/h1-6H,7H2. The van der Waals surface area contributed by atoms with Crippen molar-refractivity contribution in [1.82, 2.24) is 0 Å². The van der Waals surface area contributed by atoms with Crippen molar-refractivity contribution in [3.63, 3.8) is 0 Å². The summed E-state index contributed by atoms with van der Waals surface area (Å²) in [4.78, 5) is 0. The lowest BCUT2D eigenvalue weighted by molar-refractivity contribution is 0.471. The van der Waals surface area contributed by atoms with E-state index < -0.39 is 0 Å². The van der Waals surface area contributed by atoms with Crippen LogP contribution in [0.5, 0.6) is 11.5 Å². The van der Waals surface area contributed by atoms with Crippen molar-refractivity contribution in [3.05, 3.63) is 57.3 Å². The van der Waals surface area contributed by atoms with Crippen LogP contribution in [0, 0.1) is 5.82 Å². The molecule has 0 aromatic heterocycles. The lowest BCUT2D eigenvalue weighted by atomic mass is 10.2. The topological polar surface area (TPSA) is 9.23 Å². The van der Waals surface area contributed by atoms with Gasteiger partial charge < -0.3 is 4.74 Å². The molecule has 0 N–H and O–H groups in total. The molecule has 2 aromatic rings. The normalized spacial score (nSPS) is 10.4. The zero-order valence-electron chi connectivity index (χ0n) is 9.09. The van der Waals surface area contributed by atoms with Crippen LogP contribution in [0.4, 0.5) is 4.39 Å². The van der Waals surface area contributed by atoms with Crippen molar-refractivity contribution in [3.8, 4) is 11.5 Å². The maximum Gasteiger partial charge on any atom is 0.146 e. The second-order valence-electron chi connectivity index (χ2n) is 3.53. The third kappa shape index (κ3) is 3.05. The summed E-state index contributed by atoms with van der Waals surface area (Å²) in [6.07, 6.45) is 0. The van der Waals surface area contributed by atoms with E-state index in [4.69, 9.17) is 16.3 Å². The fraction of sp³-hybridized carbons (Fsp3) is 0.0769. The summed E-state index contributed by atoms with van der Waals surface area (Å²) < 4.78 is 20.1. The highest BCUT2D eigenvalue weighted by Gasteiger charge is 2.11. The molecule has 0 radical (unpaired) electrons. The summed E-state index contributed by atoms with van der Waals surface area (Å²) >= 11 is 12.6. The first-order chi connectivity index (χ1) is 8.61. The van der Waals surface area contributed by atoms with Gasteiger partial charge in [-0.1, -0.05) is 49.5 Å². The number of halogens is 4. The van der Waals surface area contributed by atoms with E-state index in [0.29, 0.717) is 27.4 Å². The number of benzene rings is 2. The molecule has 0 aliphatic heterocycles. The smallest absolute Gasteiger partial charge is 0.146 e. The van der Waals surface area contributed by atoms with Crippen LogP contribution in [-0.2, 0) is 5.33 Å². The predicted octanol–water partition coefficient (Wildman–Crippen LogP) is 5.93. The first kappa shape index (κ1) is 13.8. The van der Waals surface area contributed by atoms with Crippen molar-refractivity contribution in [2.75, 3.05) is 0 Å². The predicted molar refractivity (Wildman–Crippen MR) is 78.3 cm³/mol. The molecule has 0 saturated carbocycles. The van der Waals surface area contributed by atoms with Gasteiger partial charge in [0, 0.05) is 15.4 Å². The summed E-state index contributed by atoms with van der Waals surface area (Å²) in [7, 11) is 0. The second kappa shape index (κ2) is 6.04. The van der Waals surface area contributed by atoms with Crippen LogP contribution in [0.1, 0.15) is 5.56 Å². The van der Waals surface area contributed by atoms with Crippen molar-refractivity contribution in [1.29, 1.82) is 0 Å². The molecule has 0 fully saturated rings. The first-order valence-corrected chi connectivity index (χ1v) is 7.37. The average molecular weight is 394 g/mol. The van der Waals surface area contributed by atoms with Crippen LogP contribution < -0.4 is 4.74 Å². The molecule has 0 aliphatic rings. The van der Waals surface area contributed by atoms with Crippen LogP contribution in [0.2, 0.25) is 5.02 Å². The summed E-state index contributed by atoms with van der Waals surface area (Å²) in [6.45, 7) is 0. The number of hydrogen-bond acceptors (Lipinski definition) is 1. The molecule has 0 bridgehead atoms. The molecule has 2 aromatic carbocycles. The molecule has 0 heterocycles. The highest BCUT2D eigenvalue weighted by molar-refractivity contribution is 9.10. The highest BCUT2D eigenvalue weighted by Crippen LogP contribution is 2.34. The molecule has 0 amide bonds. The van der Waals surface area contributed by atoms with Gasteiger partial charge in [0.15, 0.2) is 0 Å². The minimum Gasteiger partial charge on any atom is -0.455 e. The van der Waals surface area contributed by atoms with Crippen LogP contribution in [0.3, 0.4) is 0 Å². The fourth-order valence-corrected chi connectivity index (χ4v) is 2.70. The maximum absolute atomic E-state index is 13.6. The Labute approximate surface area is 126 Å². The SMILES string of the molecule is Fc1cccc(Oc2ccc(Br)cc2Cl)c1CBr. The van der Waals surface area contributed by atoms with Crippen molar-refractivity contribution < 1.29 is 9.13 Å². The molecule has 0 saturated heterocycles. The van der Waals surface area contributed by atoms with Gasteiger partial charge in [0.2, 0.25) is 0 Å². The first-order valence-electron chi connectivity index (χ1n) is 5.08. The zero-order valence-corrected chi connectivity index (χ0v) is 13.0. The van der Waals surface area contributed by atoms with Gasteiger partial charge in [0.1, 0.15) is 17.3 Å². The number of hydrogen-bond donors (Lipinski definition) is 0. The van der Waals surface area contributed by atoms with E-state index in [2.05, 4.69) is 31.9 Å². The van der Waals surface area contributed by atoms with E-state index >= 15 is 0 Å². The molecular formula is C13H8Br2ClFO. The van der Waals surface area contributed by atoms with E-state index in [1.165, 1.54) is 6.07 Å². The Kier molecular flexibility index (Phi) is 4.65. The summed E-state index contributed by atoms with van der Waals surface area (Å²) in [6, 6.07) is 9.97. The van der Waals surface area contributed by atoms with Gasteiger partial charge in [0.25, 0.3) is 0 Å². The van der Waals surface area contributed by atoms with E-state index in [1.54, 1.807) is 24.3 Å². The molecule has 5 heteroatoms. The van der Waals surface area contributed by atoms with Crippen molar-refractivity contribution in [2.45, 2.75) is 5.33 Å². The summed E-state index contributed by atoms with van der Waals surface area (Å²) in [5.41, 5.74) is 0.469. The minimum atomic E-state index is -0.308. The Morgan fingerprint density at radius 3 is 2.61 bits per heavy atom.